The summed E-state index contributed by atoms with van der Waals surface area (Å²) in [6.07, 6.45) is 2.90. The molecule has 2 aromatic heterocycles. The van der Waals surface area contributed by atoms with E-state index in [9.17, 15) is 10.1 Å². The number of halogens is 1. The molecule has 0 saturated carbocycles. The fourth-order valence-electron chi connectivity index (χ4n) is 1.72. The first-order chi connectivity index (χ1) is 9.54. The van der Waals surface area contributed by atoms with E-state index in [2.05, 4.69) is 36.4 Å². The molecule has 9 heteroatoms. The topological polar surface area (TPSA) is 98.8 Å². The van der Waals surface area contributed by atoms with Crippen molar-refractivity contribution in [3.05, 3.63) is 38.5 Å². The molecule has 2 heterocycles. The lowest BCUT2D eigenvalue weighted by Crippen LogP contribution is -2.09. The van der Waals surface area contributed by atoms with Crippen molar-refractivity contribution in [2.24, 2.45) is 0 Å². The molecule has 20 heavy (non-hydrogen) atoms. The average molecular weight is 341 g/mol. The second kappa shape index (κ2) is 5.95. The summed E-state index contributed by atoms with van der Waals surface area (Å²) in [4.78, 5) is 14.4. The van der Waals surface area contributed by atoms with E-state index >= 15 is 0 Å². The molecular formula is C11H13BrN6O2. The summed E-state index contributed by atoms with van der Waals surface area (Å²) in [6, 6.07) is 0. The largest absolute Gasteiger partial charge is 0.362 e. The van der Waals surface area contributed by atoms with Crippen LogP contribution >= 0.6 is 15.9 Å². The van der Waals surface area contributed by atoms with E-state index in [0.717, 1.165) is 12.4 Å². The normalized spacial score (nSPS) is 10.6. The molecule has 0 bridgehead atoms. The molecule has 2 rings (SSSR count). The third kappa shape index (κ3) is 2.77. The molecule has 0 atom stereocenters. The van der Waals surface area contributed by atoms with Crippen LogP contribution < -0.4 is 5.32 Å². The van der Waals surface area contributed by atoms with Gasteiger partial charge in [0.2, 0.25) is 0 Å². The highest BCUT2D eigenvalue weighted by Gasteiger charge is 2.17. The van der Waals surface area contributed by atoms with Crippen LogP contribution in [0.4, 0.5) is 11.5 Å². The Morgan fingerprint density at radius 3 is 2.95 bits per heavy atom. The summed E-state index contributed by atoms with van der Waals surface area (Å²) in [5.74, 6) is 1.32. The Kier molecular flexibility index (Phi) is 4.28. The van der Waals surface area contributed by atoms with Crippen molar-refractivity contribution >= 4 is 27.4 Å². The van der Waals surface area contributed by atoms with Gasteiger partial charge in [-0.15, -0.1) is 10.2 Å². The molecule has 1 N–H and O–H groups in total. The Labute approximate surface area is 123 Å². The van der Waals surface area contributed by atoms with E-state index in [-0.39, 0.29) is 5.69 Å². The molecule has 0 fully saturated rings. The molecule has 0 spiro atoms. The number of hydrogen-bond donors (Lipinski definition) is 1. The lowest BCUT2D eigenvalue weighted by Gasteiger charge is -2.09. The maximum absolute atomic E-state index is 10.8. The van der Waals surface area contributed by atoms with Crippen LogP contribution in [-0.2, 0) is 13.1 Å². The minimum Gasteiger partial charge on any atom is -0.362 e. The molecule has 0 aliphatic rings. The van der Waals surface area contributed by atoms with Crippen LogP contribution in [0.25, 0.3) is 0 Å². The van der Waals surface area contributed by atoms with Gasteiger partial charge in [-0.3, -0.25) is 10.1 Å². The third-order valence-electron chi connectivity index (χ3n) is 2.88. The van der Waals surface area contributed by atoms with Crippen molar-refractivity contribution in [3.8, 4) is 0 Å². The van der Waals surface area contributed by atoms with Gasteiger partial charge in [0.15, 0.2) is 5.82 Å². The van der Waals surface area contributed by atoms with Gasteiger partial charge in [-0.05, 0) is 29.8 Å². The summed E-state index contributed by atoms with van der Waals surface area (Å²) in [5.41, 5.74) is 0.517. The maximum atomic E-state index is 10.8. The Morgan fingerprint density at radius 2 is 2.30 bits per heavy atom. The number of nitro groups is 1. The van der Waals surface area contributed by atoms with Gasteiger partial charge in [0.1, 0.15) is 18.3 Å². The Balaban J connectivity index is 2.19. The van der Waals surface area contributed by atoms with Crippen molar-refractivity contribution in [2.45, 2.75) is 26.9 Å². The molecule has 0 radical (unpaired) electrons. The number of anilines is 1. The average Bonchev–Trinajstić information content (AvgIpc) is 2.87. The van der Waals surface area contributed by atoms with Crippen LogP contribution in [0.3, 0.4) is 0 Å². The minimum absolute atomic E-state index is 0.0147. The Hall–Kier alpha value is -2.03. The fourth-order valence-corrected chi connectivity index (χ4v) is 2.16. The van der Waals surface area contributed by atoms with Gasteiger partial charge in [0, 0.05) is 12.1 Å². The van der Waals surface area contributed by atoms with Gasteiger partial charge in [0.05, 0.1) is 15.9 Å². The van der Waals surface area contributed by atoms with E-state index < -0.39 is 4.92 Å². The standard InChI is InChI=1S/C11H13BrN6O2/c1-3-17-6-15-16-9(17)5-14-11-10(12)7(2)8(4-13-11)18(19)20/h4,6H,3,5H2,1-2H3,(H,13,14). The van der Waals surface area contributed by atoms with Gasteiger partial charge < -0.3 is 9.88 Å². The van der Waals surface area contributed by atoms with Gasteiger partial charge in [-0.25, -0.2) is 4.98 Å². The molecule has 0 saturated heterocycles. The molecule has 0 aliphatic carbocycles. The molecule has 0 amide bonds. The van der Waals surface area contributed by atoms with E-state index in [0.29, 0.717) is 22.4 Å². The quantitative estimate of drug-likeness (QED) is 0.662. The monoisotopic (exact) mass is 340 g/mol. The number of aromatic nitrogens is 4. The summed E-state index contributed by atoms with van der Waals surface area (Å²) >= 11 is 3.33. The number of nitrogens with one attached hydrogen (secondary N) is 1. The van der Waals surface area contributed by atoms with Gasteiger partial charge in [-0.2, -0.15) is 0 Å². The van der Waals surface area contributed by atoms with E-state index in [1.54, 1.807) is 13.3 Å². The highest BCUT2D eigenvalue weighted by Crippen LogP contribution is 2.30. The van der Waals surface area contributed by atoms with Crippen molar-refractivity contribution in [1.29, 1.82) is 0 Å². The molecule has 0 aliphatic heterocycles. The van der Waals surface area contributed by atoms with Gasteiger partial charge in [-0.1, -0.05) is 0 Å². The van der Waals surface area contributed by atoms with Crippen LogP contribution in [0.5, 0.6) is 0 Å². The highest BCUT2D eigenvalue weighted by molar-refractivity contribution is 9.10. The van der Waals surface area contributed by atoms with E-state index in [4.69, 9.17) is 0 Å². The number of hydrogen-bond acceptors (Lipinski definition) is 6. The number of nitrogens with zero attached hydrogens (tertiary/aromatic N) is 5. The zero-order valence-corrected chi connectivity index (χ0v) is 12.6. The molecule has 8 nitrogen and oxygen atoms in total. The summed E-state index contributed by atoms with van der Waals surface area (Å²) in [6.45, 7) is 4.88. The summed E-state index contributed by atoms with van der Waals surface area (Å²) < 4.78 is 2.48. The van der Waals surface area contributed by atoms with Crippen LogP contribution in [0.2, 0.25) is 0 Å². The number of pyridine rings is 1. The summed E-state index contributed by atoms with van der Waals surface area (Å²) in [5, 5.41) is 21.7. The predicted octanol–water partition coefficient (Wildman–Crippen LogP) is 2.28. The van der Waals surface area contributed by atoms with Crippen LogP contribution in [0.15, 0.2) is 17.0 Å². The maximum Gasteiger partial charge on any atom is 0.291 e. The van der Waals surface area contributed by atoms with Crippen molar-refractivity contribution in [3.63, 3.8) is 0 Å². The second-order valence-electron chi connectivity index (χ2n) is 4.07. The first kappa shape index (κ1) is 14.4. The Bertz CT molecular complexity index is 642. The molecule has 2 aromatic rings. The first-order valence-corrected chi connectivity index (χ1v) is 6.74. The van der Waals surface area contributed by atoms with Crippen molar-refractivity contribution in [1.82, 2.24) is 19.7 Å². The number of rotatable bonds is 5. The zero-order valence-electron chi connectivity index (χ0n) is 11.0. The van der Waals surface area contributed by atoms with Crippen LogP contribution in [0, 0.1) is 17.0 Å². The smallest absolute Gasteiger partial charge is 0.291 e. The molecule has 0 aromatic carbocycles. The zero-order chi connectivity index (χ0) is 14.7. The number of aryl methyl sites for hydroxylation is 1. The highest BCUT2D eigenvalue weighted by atomic mass is 79.9. The third-order valence-corrected chi connectivity index (χ3v) is 3.85. The Morgan fingerprint density at radius 1 is 1.55 bits per heavy atom. The first-order valence-electron chi connectivity index (χ1n) is 5.94. The molecule has 0 unspecified atom stereocenters. The lowest BCUT2D eigenvalue weighted by atomic mass is 10.2. The minimum atomic E-state index is -0.454. The van der Waals surface area contributed by atoms with Crippen molar-refractivity contribution < 1.29 is 4.92 Å². The van der Waals surface area contributed by atoms with Gasteiger partial charge in [0.25, 0.3) is 5.69 Å². The van der Waals surface area contributed by atoms with Crippen LogP contribution in [0.1, 0.15) is 18.3 Å². The van der Waals surface area contributed by atoms with Crippen LogP contribution in [-0.4, -0.2) is 24.7 Å². The SMILES string of the molecule is CCn1cnnc1CNc1ncc([N+](=O)[O-])c(C)c1Br. The lowest BCUT2D eigenvalue weighted by molar-refractivity contribution is -0.385. The van der Waals surface area contributed by atoms with E-state index in [1.807, 2.05) is 11.5 Å². The molecule has 106 valence electrons. The molecular weight excluding hydrogens is 328 g/mol. The predicted molar refractivity (Wildman–Crippen MR) is 76.4 cm³/mol. The van der Waals surface area contributed by atoms with E-state index in [1.165, 1.54) is 6.20 Å². The summed E-state index contributed by atoms with van der Waals surface area (Å²) in [7, 11) is 0. The van der Waals surface area contributed by atoms with Crippen molar-refractivity contribution in [2.75, 3.05) is 5.32 Å². The second-order valence-corrected chi connectivity index (χ2v) is 4.87. The fraction of sp³-hybridized carbons (Fsp3) is 0.364. The van der Waals surface area contributed by atoms with Gasteiger partial charge >= 0.3 is 0 Å².